The Labute approximate surface area is 92.6 Å². The van der Waals surface area contributed by atoms with E-state index in [1.807, 2.05) is 11.8 Å². The fourth-order valence-corrected chi connectivity index (χ4v) is 1.97. The molecular formula is C11H13BrS. The molecule has 0 aromatic heterocycles. The Morgan fingerprint density at radius 2 is 2.31 bits per heavy atom. The number of rotatable bonds is 4. The van der Waals surface area contributed by atoms with Crippen molar-refractivity contribution in [2.75, 3.05) is 11.1 Å². The van der Waals surface area contributed by atoms with Crippen molar-refractivity contribution in [2.45, 2.75) is 11.8 Å². The monoisotopic (exact) mass is 256 g/mol. The number of thioether (sulfide) groups is 1. The van der Waals surface area contributed by atoms with E-state index >= 15 is 0 Å². The predicted octanol–water partition coefficient (Wildman–Crippen LogP) is 4.21. The molecule has 0 fully saturated rings. The highest BCUT2D eigenvalue weighted by atomic mass is 79.9. The minimum absolute atomic E-state index is 0.915. The van der Waals surface area contributed by atoms with Gasteiger partial charge in [0.05, 0.1) is 0 Å². The van der Waals surface area contributed by atoms with Gasteiger partial charge in [0, 0.05) is 10.2 Å². The topological polar surface area (TPSA) is 0 Å². The maximum atomic E-state index is 3.36. The SMILES string of the molecule is CCSc1cccc(C=CCBr)c1. The van der Waals surface area contributed by atoms with Crippen molar-refractivity contribution >= 4 is 33.8 Å². The zero-order chi connectivity index (χ0) is 9.52. The van der Waals surface area contributed by atoms with Crippen LogP contribution in [0.4, 0.5) is 0 Å². The third-order valence-electron chi connectivity index (χ3n) is 1.57. The van der Waals surface area contributed by atoms with Gasteiger partial charge in [0.1, 0.15) is 0 Å². The van der Waals surface area contributed by atoms with Crippen molar-refractivity contribution < 1.29 is 0 Å². The summed E-state index contributed by atoms with van der Waals surface area (Å²) in [4.78, 5) is 1.35. The van der Waals surface area contributed by atoms with Gasteiger partial charge in [0.25, 0.3) is 0 Å². The average Bonchev–Trinajstić information content (AvgIpc) is 2.16. The highest BCUT2D eigenvalue weighted by Gasteiger charge is 1.91. The van der Waals surface area contributed by atoms with Gasteiger partial charge in [-0.25, -0.2) is 0 Å². The van der Waals surface area contributed by atoms with E-state index in [1.54, 1.807) is 0 Å². The van der Waals surface area contributed by atoms with E-state index in [0.29, 0.717) is 0 Å². The Morgan fingerprint density at radius 1 is 1.46 bits per heavy atom. The molecule has 0 radical (unpaired) electrons. The van der Waals surface area contributed by atoms with Gasteiger partial charge in [-0.15, -0.1) is 11.8 Å². The number of hydrogen-bond donors (Lipinski definition) is 0. The van der Waals surface area contributed by atoms with Gasteiger partial charge < -0.3 is 0 Å². The Kier molecular flexibility index (Phi) is 5.25. The van der Waals surface area contributed by atoms with E-state index in [1.165, 1.54) is 10.5 Å². The van der Waals surface area contributed by atoms with Crippen LogP contribution in [0.5, 0.6) is 0 Å². The normalized spacial score (nSPS) is 10.9. The van der Waals surface area contributed by atoms with Gasteiger partial charge in [-0.2, -0.15) is 0 Å². The van der Waals surface area contributed by atoms with Gasteiger partial charge in [0.2, 0.25) is 0 Å². The number of hydrogen-bond acceptors (Lipinski definition) is 1. The summed E-state index contributed by atoms with van der Waals surface area (Å²) < 4.78 is 0. The van der Waals surface area contributed by atoms with Crippen molar-refractivity contribution in [3.63, 3.8) is 0 Å². The number of alkyl halides is 1. The van der Waals surface area contributed by atoms with Crippen molar-refractivity contribution in [2.24, 2.45) is 0 Å². The van der Waals surface area contributed by atoms with E-state index in [4.69, 9.17) is 0 Å². The van der Waals surface area contributed by atoms with E-state index < -0.39 is 0 Å². The summed E-state index contributed by atoms with van der Waals surface area (Å²) in [7, 11) is 0. The molecule has 1 aromatic carbocycles. The predicted molar refractivity (Wildman–Crippen MR) is 65.7 cm³/mol. The standard InChI is InChI=1S/C11H13BrS/c1-2-13-11-7-3-5-10(9-11)6-4-8-12/h3-7,9H,2,8H2,1H3. The first-order valence-electron chi connectivity index (χ1n) is 4.32. The van der Waals surface area contributed by atoms with Crippen molar-refractivity contribution in [1.29, 1.82) is 0 Å². The maximum Gasteiger partial charge on any atom is 0.0215 e. The van der Waals surface area contributed by atoms with Crippen LogP contribution in [0, 0.1) is 0 Å². The third-order valence-corrected chi connectivity index (χ3v) is 2.82. The molecule has 0 saturated carbocycles. The summed E-state index contributed by atoms with van der Waals surface area (Å²) in [5.41, 5.74) is 1.28. The van der Waals surface area contributed by atoms with Crippen LogP contribution < -0.4 is 0 Å². The number of halogens is 1. The first kappa shape index (κ1) is 10.9. The van der Waals surface area contributed by atoms with Gasteiger partial charge in [-0.3, -0.25) is 0 Å². The fourth-order valence-electron chi connectivity index (χ4n) is 1.06. The molecule has 0 N–H and O–H groups in total. The average molecular weight is 257 g/mol. The smallest absolute Gasteiger partial charge is 0.0215 e. The highest BCUT2D eigenvalue weighted by molar-refractivity contribution is 9.09. The molecular weight excluding hydrogens is 244 g/mol. The molecule has 0 aliphatic heterocycles. The largest absolute Gasteiger partial charge is 0.126 e. The van der Waals surface area contributed by atoms with E-state index in [2.05, 4.69) is 59.3 Å². The summed E-state index contributed by atoms with van der Waals surface area (Å²) in [5, 5.41) is 0.915. The molecule has 0 atom stereocenters. The lowest BCUT2D eigenvalue weighted by Gasteiger charge is -1.99. The second-order valence-corrected chi connectivity index (χ2v) is 4.55. The minimum atomic E-state index is 0.915. The van der Waals surface area contributed by atoms with E-state index in [0.717, 1.165) is 11.1 Å². The second-order valence-electron chi connectivity index (χ2n) is 2.56. The lowest BCUT2D eigenvalue weighted by atomic mass is 10.2. The summed E-state index contributed by atoms with van der Waals surface area (Å²) >= 11 is 5.24. The molecule has 0 heterocycles. The first-order chi connectivity index (χ1) is 6.36. The quantitative estimate of drug-likeness (QED) is 0.575. The van der Waals surface area contributed by atoms with E-state index in [9.17, 15) is 0 Å². The van der Waals surface area contributed by atoms with Gasteiger partial charge >= 0.3 is 0 Å². The molecule has 1 aromatic rings. The highest BCUT2D eigenvalue weighted by Crippen LogP contribution is 2.19. The van der Waals surface area contributed by atoms with Crippen LogP contribution in [-0.2, 0) is 0 Å². The Hall–Kier alpha value is -0.210. The van der Waals surface area contributed by atoms with Gasteiger partial charge in [-0.1, -0.05) is 47.1 Å². The van der Waals surface area contributed by atoms with Crippen LogP contribution in [0.3, 0.4) is 0 Å². The number of benzene rings is 1. The molecule has 13 heavy (non-hydrogen) atoms. The molecule has 0 bridgehead atoms. The molecule has 0 unspecified atom stereocenters. The summed E-state index contributed by atoms with van der Waals surface area (Å²) in [6.07, 6.45) is 4.24. The van der Waals surface area contributed by atoms with Crippen molar-refractivity contribution in [3.05, 3.63) is 35.9 Å². The third kappa shape index (κ3) is 4.01. The van der Waals surface area contributed by atoms with Crippen LogP contribution in [0.15, 0.2) is 35.2 Å². The molecule has 0 nitrogen and oxygen atoms in total. The Bertz CT molecular complexity index is 281. The zero-order valence-corrected chi connectivity index (χ0v) is 10.1. The lowest BCUT2D eigenvalue weighted by molar-refractivity contribution is 1.41. The minimum Gasteiger partial charge on any atom is -0.126 e. The maximum absolute atomic E-state index is 3.36. The molecule has 0 spiro atoms. The van der Waals surface area contributed by atoms with Crippen LogP contribution in [0.2, 0.25) is 0 Å². The van der Waals surface area contributed by atoms with Crippen LogP contribution in [-0.4, -0.2) is 11.1 Å². The molecule has 1 rings (SSSR count). The summed E-state index contributed by atoms with van der Waals surface area (Å²) in [6, 6.07) is 8.59. The van der Waals surface area contributed by atoms with E-state index in [-0.39, 0.29) is 0 Å². The second kappa shape index (κ2) is 6.28. The number of allylic oxidation sites excluding steroid dienone is 1. The van der Waals surface area contributed by atoms with Crippen molar-refractivity contribution in [3.8, 4) is 0 Å². The molecule has 0 amide bonds. The molecule has 0 aliphatic rings. The molecule has 0 saturated heterocycles. The summed E-state index contributed by atoms with van der Waals surface area (Å²) in [5.74, 6) is 1.13. The summed E-state index contributed by atoms with van der Waals surface area (Å²) in [6.45, 7) is 2.17. The van der Waals surface area contributed by atoms with Crippen LogP contribution >= 0.6 is 27.7 Å². The van der Waals surface area contributed by atoms with Gasteiger partial charge in [-0.05, 0) is 23.4 Å². The molecule has 2 heteroatoms. The Morgan fingerprint density at radius 3 is 3.00 bits per heavy atom. The van der Waals surface area contributed by atoms with Crippen molar-refractivity contribution in [1.82, 2.24) is 0 Å². The molecule has 0 aliphatic carbocycles. The van der Waals surface area contributed by atoms with Crippen LogP contribution in [0.25, 0.3) is 6.08 Å². The fraction of sp³-hybridized carbons (Fsp3) is 0.273. The Balaban J connectivity index is 2.73. The van der Waals surface area contributed by atoms with Gasteiger partial charge in [0.15, 0.2) is 0 Å². The molecule has 70 valence electrons. The zero-order valence-electron chi connectivity index (χ0n) is 7.66. The van der Waals surface area contributed by atoms with Crippen LogP contribution in [0.1, 0.15) is 12.5 Å². The first-order valence-corrected chi connectivity index (χ1v) is 6.43. The lowest BCUT2D eigenvalue weighted by Crippen LogP contribution is -1.75.